The van der Waals surface area contributed by atoms with Crippen LogP contribution in [-0.4, -0.2) is 10.1 Å². The van der Waals surface area contributed by atoms with Crippen LogP contribution in [0.5, 0.6) is 5.75 Å². The molecule has 10 heavy (non-hydrogen) atoms. The minimum atomic E-state index is -0.606. The molecule has 1 heterocycles. The molecule has 0 radical (unpaired) electrons. The number of hydrogen-bond acceptors (Lipinski definition) is 2. The zero-order valence-corrected chi connectivity index (χ0v) is 5.85. The van der Waals surface area contributed by atoms with E-state index in [-0.39, 0.29) is 5.75 Å². The summed E-state index contributed by atoms with van der Waals surface area (Å²) in [6.07, 6.45) is 0. The normalized spacial score (nSPS) is 9.90. The first-order valence-corrected chi connectivity index (χ1v) is 2.94. The molecule has 1 aromatic heterocycles. The fraction of sp³-hybridized carbons (Fsp3) is 0.286. The second-order valence-corrected chi connectivity index (χ2v) is 2.18. The Bertz CT molecular complexity index is 237. The monoisotopic (exact) mass is 141 g/mol. The maximum atomic E-state index is 12.6. The molecule has 3 heteroatoms. The third-order valence-electron chi connectivity index (χ3n) is 1.25. The maximum Gasteiger partial charge on any atom is 0.172 e. The number of rotatable bonds is 0. The lowest BCUT2D eigenvalue weighted by molar-refractivity contribution is 0.424. The molecule has 0 spiro atoms. The van der Waals surface area contributed by atoms with Gasteiger partial charge in [0.2, 0.25) is 0 Å². The van der Waals surface area contributed by atoms with E-state index in [1.807, 2.05) is 0 Å². The van der Waals surface area contributed by atoms with Crippen molar-refractivity contribution in [2.75, 3.05) is 0 Å². The Morgan fingerprint density at radius 3 is 2.60 bits per heavy atom. The first-order chi connectivity index (χ1) is 4.61. The summed E-state index contributed by atoms with van der Waals surface area (Å²) in [6.45, 7) is 3.24. The average molecular weight is 141 g/mol. The van der Waals surface area contributed by atoms with Crippen LogP contribution in [0, 0.1) is 19.7 Å². The first-order valence-electron chi connectivity index (χ1n) is 2.94. The van der Waals surface area contributed by atoms with E-state index in [9.17, 15) is 4.39 Å². The molecule has 1 rings (SSSR count). The molecule has 2 nitrogen and oxygen atoms in total. The highest BCUT2D eigenvalue weighted by molar-refractivity contribution is 5.28. The summed E-state index contributed by atoms with van der Waals surface area (Å²) in [5.74, 6) is -0.962. The molecule has 0 fully saturated rings. The van der Waals surface area contributed by atoms with Crippen LogP contribution >= 0.6 is 0 Å². The molecule has 54 valence electrons. The Hall–Kier alpha value is -1.12. The minimum absolute atomic E-state index is 0.331. The van der Waals surface area contributed by atoms with Crippen LogP contribution in [0.3, 0.4) is 0 Å². The number of pyridine rings is 1. The van der Waals surface area contributed by atoms with Crippen molar-refractivity contribution in [3.8, 4) is 5.75 Å². The van der Waals surface area contributed by atoms with Crippen molar-refractivity contribution in [3.63, 3.8) is 0 Å². The highest BCUT2D eigenvalue weighted by Gasteiger charge is 2.04. The van der Waals surface area contributed by atoms with Crippen molar-refractivity contribution in [2.24, 2.45) is 0 Å². The van der Waals surface area contributed by atoms with Gasteiger partial charge in [-0.2, -0.15) is 0 Å². The van der Waals surface area contributed by atoms with Crippen molar-refractivity contribution in [1.29, 1.82) is 0 Å². The lowest BCUT2D eigenvalue weighted by Gasteiger charge is -1.99. The first kappa shape index (κ1) is 6.99. The van der Waals surface area contributed by atoms with Crippen LogP contribution in [0.15, 0.2) is 6.07 Å². The summed E-state index contributed by atoms with van der Waals surface area (Å²) in [4.78, 5) is 3.84. The highest BCUT2D eigenvalue weighted by Crippen LogP contribution is 2.18. The molecule has 0 aliphatic carbocycles. The van der Waals surface area contributed by atoms with E-state index in [0.717, 1.165) is 0 Å². The van der Waals surface area contributed by atoms with Crippen LogP contribution in [0.1, 0.15) is 11.4 Å². The maximum absolute atomic E-state index is 12.6. The van der Waals surface area contributed by atoms with Crippen molar-refractivity contribution in [3.05, 3.63) is 23.3 Å². The van der Waals surface area contributed by atoms with E-state index in [4.69, 9.17) is 5.11 Å². The predicted octanol–water partition coefficient (Wildman–Crippen LogP) is 1.54. The van der Waals surface area contributed by atoms with Crippen molar-refractivity contribution >= 4 is 0 Å². The molecule has 0 amide bonds. The molecule has 1 N–H and O–H groups in total. The van der Waals surface area contributed by atoms with E-state index in [1.54, 1.807) is 13.8 Å². The van der Waals surface area contributed by atoms with Crippen molar-refractivity contribution < 1.29 is 9.50 Å². The summed E-state index contributed by atoms with van der Waals surface area (Å²) < 4.78 is 12.6. The lowest BCUT2D eigenvalue weighted by Crippen LogP contribution is -1.89. The van der Waals surface area contributed by atoms with Crippen molar-refractivity contribution in [1.82, 2.24) is 4.98 Å². The van der Waals surface area contributed by atoms with Crippen LogP contribution in [-0.2, 0) is 0 Å². The summed E-state index contributed by atoms with van der Waals surface area (Å²) in [7, 11) is 0. The van der Waals surface area contributed by atoms with Crippen LogP contribution in [0.2, 0.25) is 0 Å². The number of nitrogens with zero attached hydrogens (tertiary/aromatic N) is 1. The Kier molecular flexibility index (Phi) is 1.57. The summed E-state index contributed by atoms with van der Waals surface area (Å²) in [6, 6.07) is 1.20. The van der Waals surface area contributed by atoms with Gasteiger partial charge in [-0.1, -0.05) is 0 Å². The highest BCUT2D eigenvalue weighted by atomic mass is 19.1. The molecule has 1 aromatic rings. The predicted molar refractivity (Wildman–Crippen MR) is 35.3 cm³/mol. The molecule has 0 saturated carbocycles. The Balaban J connectivity index is 3.31. The van der Waals surface area contributed by atoms with E-state index in [0.29, 0.717) is 11.4 Å². The molecular formula is C7H8FNO. The average Bonchev–Trinajstić information content (AvgIpc) is 1.82. The Morgan fingerprint density at radius 2 is 2.10 bits per heavy atom. The lowest BCUT2D eigenvalue weighted by atomic mass is 10.3. The SMILES string of the molecule is Cc1cc(F)c(O)c(C)n1. The second kappa shape index (κ2) is 2.25. The number of hydrogen-bond donors (Lipinski definition) is 1. The largest absolute Gasteiger partial charge is 0.504 e. The van der Waals surface area contributed by atoms with Gasteiger partial charge in [0.1, 0.15) is 0 Å². The molecule has 0 unspecified atom stereocenters. The van der Waals surface area contributed by atoms with E-state index in [1.165, 1.54) is 6.07 Å². The van der Waals surface area contributed by atoms with Gasteiger partial charge in [-0.3, -0.25) is 4.98 Å². The summed E-state index contributed by atoms with van der Waals surface area (Å²) in [5, 5.41) is 8.89. The standard InChI is InChI=1S/C7H8FNO/c1-4-3-6(8)7(10)5(2)9-4/h3,10H,1-2H3. The van der Waals surface area contributed by atoms with Crippen molar-refractivity contribution in [2.45, 2.75) is 13.8 Å². The van der Waals surface area contributed by atoms with E-state index >= 15 is 0 Å². The Labute approximate surface area is 58.3 Å². The van der Waals surface area contributed by atoms with Gasteiger partial charge in [-0.25, -0.2) is 4.39 Å². The van der Waals surface area contributed by atoms with Crippen LogP contribution in [0.25, 0.3) is 0 Å². The van der Waals surface area contributed by atoms with Gasteiger partial charge in [0.15, 0.2) is 11.6 Å². The zero-order valence-electron chi connectivity index (χ0n) is 5.85. The third kappa shape index (κ3) is 1.07. The van der Waals surface area contributed by atoms with Gasteiger partial charge in [-0.05, 0) is 19.9 Å². The molecule has 0 saturated heterocycles. The van der Waals surface area contributed by atoms with Gasteiger partial charge >= 0.3 is 0 Å². The van der Waals surface area contributed by atoms with Gasteiger partial charge in [0.05, 0.1) is 5.69 Å². The number of aryl methyl sites for hydroxylation is 2. The molecule has 0 bridgehead atoms. The Morgan fingerprint density at radius 1 is 1.50 bits per heavy atom. The quantitative estimate of drug-likeness (QED) is 0.594. The van der Waals surface area contributed by atoms with Crippen LogP contribution < -0.4 is 0 Å². The fourth-order valence-electron chi connectivity index (χ4n) is 0.774. The van der Waals surface area contributed by atoms with Gasteiger partial charge in [0, 0.05) is 5.69 Å². The summed E-state index contributed by atoms with van der Waals surface area (Å²) in [5.41, 5.74) is 0.908. The van der Waals surface area contributed by atoms with E-state index in [2.05, 4.69) is 4.98 Å². The number of aromatic nitrogens is 1. The smallest absolute Gasteiger partial charge is 0.172 e. The zero-order chi connectivity index (χ0) is 7.72. The number of aromatic hydroxyl groups is 1. The number of halogens is 1. The second-order valence-electron chi connectivity index (χ2n) is 2.18. The summed E-state index contributed by atoms with van der Waals surface area (Å²) >= 11 is 0. The molecule has 0 aliphatic rings. The topological polar surface area (TPSA) is 33.1 Å². The molecular weight excluding hydrogens is 133 g/mol. The minimum Gasteiger partial charge on any atom is -0.504 e. The fourth-order valence-corrected chi connectivity index (χ4v) is 0.774. The van der Waals surface area contributed by atoms with Crippen LogP contribution in [0.4, 0.5) is 4.39 Å². The van der Waals surface area contributed by atoms with E-state index < -0.39 is 5.82 Å². The molecule has 0 aliphatic heterocycles. The third-order valence-corrected chi connectivity index (χ3v) is 1.25. The molecule has 0 aromatic carbocycles. The molecule has 0 atom stereocenters. The van der Waals surface area contributed by atoms with Gasteiger partial charge < -0.3 is 5.11 Å². The van der Waals surface area contributed by atoms with Gasteiger partial charge in [0.25, 0.3) is 0 Å². The van der Waals surface area contributed by atoms with Gasteiger partial charge in [-0.15, -0.1) is 0 Å².